The van der Waals surface area contributed by atoms with Crippen molar-refractivity contribution < 1.29 is 37.4 Å². The maximum Gasteiger partial charge on any atom is 0.380 e. The van der Waals surface area contributed by atoms with E-state index in [1.165, 1.54) is 20.8 Å². The van der Waals surface area contributed by atoms with E-state index in [9.17, 15) is 28.4 Å². The number of aromatic nitrogens is 2. The van der Waals surface area contributed by atoms with Crippen molar-refractivity contribution in [2.24, 2.45) is 5.92 Å². The van der Waals surface area contributed by atoms with Gasteiger partial charge >= 0.3 is 19.3 Å². The lowest BCUT2D eigenvalue weighted by Crippen LogP contribution is -2.51. The Hall–Kier alpha value is -2.50. The molecule has 2 heterocycles. The summed E-state index contributed by atoms with van der Waals surface area (Å²) in [5.41, 5.74) is -3.30. The molecule has 39 heavy (non-hydrogen) atoms. The third-order valence-corrected chi connectivity index (χ3v) is 8.82. The summed E-state index contributed by atoms with van der Waals surface area (Å²) in [6.07, 6.45) is -4.49. The predicted molar refractivity (Wildman–Crippen MR) is 141 cm³/mol. The van der Waals surface area contributed by atoms with E-state index in [-0.39, 0.29) is 5.75 Å². The maximum atomic E-state index is 14.3. The van der Waals surface area contributed by atoms with Gasteiger partial charge in [0.15, 0.2) is 6.23 Å². The first-order valence-corrected chi connectivity index (χ1v) is 14.4. The Morgan fingerprint density at radius 3 is 2.46 bits per heavy atom. The van der Waals surface area contributed by atoms with Crippen LogP contribution in [0.25, 0.3) is 0 Å². The molecule has 2 aromatic rings. The lowest BCUT2D eigenvalue weighted by molar-refractivity contribution is -0.151. The van der Waals surface area contributed by atoms with E-state index >= 15 is 0 Å². The standard InChI is InChI=1S/C25H33ClFN2O9P/c1-15(2)35-21(32)16(3)13-39(34,37-17-9-7-6-8-10-17)38-24(4,5)20-19(31)25(26,14-27)22(36-20)29-12-11-18(30)28-23(29)33/h6-12,15-16,19-20,22,31H,13-14H2,1-5H3,(H,28,30,33)/t16-,19+,20+,22-,25?,39-/m1/s1. The first kappa shape index (κ1) is 31.0. The minimum Gasteiger partial charge on any atom is -0.463 e. The number of carbonyl (C=O) groups is 1. The van der Waals surface area contributed by atoms with Gasteiger partial charge in [0.2, 0.25) is 0 Å². The molecule has 0 radical (unpaired) electrons. The third kappa shape index (κ3) is 6.99. The fourth-order valence-corrected chi connectivity index (χ4v) is 6.77. The Balaban J connectivity index is 1.96. The Labute approximate surface area is 229 Å². The van der Waals surface area contributed by atoms with E-state index in [1.54, 1.807) is 44.2 Å². The molecule has 2 N–H and O–H groups in total. The van der Waals surface area contributed by atoms with Crippen LogP contribution in [0.5, 0.6) is 5.75 Å². The zero-order chi connectivity index (χ0) is 29.2. The molecule has 0 saturated carbocycles. The van der Waals surface area contributed by atoms with E-state index in [0.29, 0.717) is 0 Å². The van der Waals surface area contributed by atoms with Gasteiger partial charge in [0.25, 0.3) is 5.56 Å². The van der Waals surface area contributed by atoms with Crippen LogP contribution in [-0.2, 0) is 23.4 Å². The van der Waals surface area contributed by atoms with Crippen molar-refractivity contribution in [1.29, 1.82) is 0 Å². The number of benzene rings is 1. The van der Waals surface area contributed by atoms with Gasteiger partial charge in [-0.1, -0.05) is 25.1 Å². The van der Waals surface area contributed by atoms with E-state index in [1.807, 2.05) is 4.98 Å². The average molecular weight is 591 g/mol. The molecule has 216 valence electrons. The van der Waals surface area contributed by atoms with Gasteiger partial charge in [-0.2, -0.15) is 0 Å². The molecule has 1 unspecified atom stereocenters. The Bertz CT molecular complexity index is 1320. The van der Waals surface area contributed by atoms with Gasteiger partial charge in [-0.3, -0.25) is 23.7 Å². The van der Waals surface area contributed by atoms with Crippen LogP contribution < -0.4 is 15.8 Å². The number of para-hydroxylation sites is 1. The molecular formula is C25H33ClFN2O9P. The Kier molecular flexibility index (Phi) is 9.50. The molecule has 1 aromatic heterocycles. The second kappa shape index (κ2) is 11.9. The number of aromatic amines is 1. The molecule has 11 nitrogen and oxygen atoms in total. The molecule has 1 fully saturated rings. The molecule has 0 aliphatic carbocycles. The van der Waals surface area contributed by atoms with Crippen LogP contribution in [0.2, 0.25) is 0 Å². The molecular weight excluding hydrogens is 558 g/mol. The lowest BCUT2D eigenvalue weighted by Gasteiger charge is -2.36. The molecule has 6 atom stereocenters. The highest BCUT2D eigenvalue weighted by molar-refractivity contribution is 7.54. The summed E-state index contributed by atoms with van der Waals surface area (Å²) in [7, 11) is -4.20. The summed E-state index contributed by atoms with van der Waals surface area (Å²) in [5.74, 6) is -1.32. The number of hydrogen-bond acceptors (Lipinski definition) is 9. The zero-order valence-electron chi connectivity index (χ0n) is 22.2. The van der Waals surface area contributed by atoms with E-state index in [4.69, 9.17) is 30.1 Å². The number of esters is 1. The molecule has 0 amide bonds. The van der Waals surface area contributed by atoms with Crippen LogP contribution in [0.1, 0.15) is 40.8 Å². The van der Waals surface area contributed by atoms with Gasteiger partial charge in [-0.05, 0) is 39.8 Å². The number of halogens is 2. The van der Waals surface area contributed by atoms with Crippen LogP contribution in [-0.4, -0.2) is 62.3 Å². The van der Waals surface area contributed by atoms with Gasteiger partial charge in [0.05, 0.1) is 18.2 Å². The Morgan fingerprint density at radius 1 is 1.26 bits per heavy atom. The highest BCUT2D eigenvalue weighted by Gasteiger charge is 2.62. The fourth-order valence-electron chi connectivity index (χ4n) is 4.23. The van der Waals surface area contributed by atoms with Gasteiger partial charge < -0.3 is 19.1 Å². The maximum absolute atomic E-state index is 14.3. The van der Waals surface area contributed by atoms with E-state index in [0.717, 1.165) is 16.8 Å². The number of aliphatic hydroxyl groups excluding tert-OH is 1. The average Bonchev–Trinajstić information content (AvgIpc) is 3.10. The van der Waals surface area contributed by atoms with Gasteiger partial charge in [-0.25, -0.2) is 13.8 Å². The number of alkyl halides is 2. The molecule has 3 rings (SSSR count). The van der Waals surface area contributed by atoms with Crippen LogP contribution in [0.3, 0.4) is 0 Å². The van der Waals surface area contributed by atoms with Gasteiger partial charge in [-0.15, -0.1) is 11.6 Å². The molecule has 0 spiro atoms. The number of H-pyrrole nitrogens is 1. The zero-order valence-corrected chi connectivity index (χ0v) is 23.9. The highest BCUT2D eigenvalue weighted by Crippen LogP contribution is 2.56. The number of carbonyl (C=O) groups excluding carboxylic acids is 1. The van der Waals surface area contributed by atoms with Gasteiger partial charge in [0, 0.05) is 12.3 Å². The number of ether oxygens (including phenoxy) is 2. The number of aliphatic hydroxyl groups is 1. The largest absolute Gasteiger partial charge is 0.463 e. The molecule has 1 aliphatic heterocycles. The highest BCUT2D eigenvalue weighted by atomic mass is 35.5. The van der Waals surface area contributed by atoms with E-state index < -0.39 is 78.6 Å². The van der Waals surface area contributed by atoms with Crippen LogP contribution in [0.15, 0.2) is 52.2 Å². The Morgan fingerprint density at radius 2 is 1.90 bits per heavy atom. The topological polar surface area (TPSA) is 146 Å². The summed E-state index contributed by atoms with van der Waals surface area (Å²) in [6, 6.07) is 9.14. The number of nitrogens with zero attached hydrogens (tertiary/aromatic N) is 1. The second-order valence-corrected chi connectivity index (χ2v) is 12.9. The third-order valence-electron chi connectivity index (χ3n) is 6.07. The normalized spacial score (nSPS) is 25.7. The quantitative estimate of drug-likeness (QED) is 0.228. The van der Waals surface area contributed by atoms with Crippen molar-refractivity contribution in [3.05, 3.63) is 63.4 Å². The number of hydrogen-bond donors (Lipinski definition) is 2. The molecule has 1 aliphatic rings. The van der Waals surface area contributed by atoms with Crippen molar-refractivity contribution in [3.8, 4) is 5.75 Å². The number of nitrogens with one attached hydrogen (secondary N) is 1. The first-order chi connectivity index (χ1) is 18.1. The lowest BCUT2D eigenvalue weighted by atomic mass is 9.91. The SMILES string of the molecule is CC(C)OC(=O)[C@H](C)C[P@@](=O)(Oc1ccccc1)OC(C)(C)[C@H]1O[C@@H](n2ccc(=O)[nH]c2=O)C(Cl)(CF)[C@H]1O. The van der Waals surface area contributed by atoms with Crippen molar-refractivity contribution in [3.63, 3.8) is 0 Å². The summed E-state index contributed by atoms with van der Waals surface area (Å²) < 4.78 is 52.2. The van der Waals surface area contributed by atoms with Crippen molar-refractivity contribution in [2.75, 3.05) is 12.8 Å². The molecule has 1 saturated heterocycles. The molecule has 1 aromatic carbocycles. The number of rotatable bonds is 11. The van der Waals surface area contributed by atoms with E-state index in [2.05, 4.69) is 0 Å². The monoisotopic (exact) mass is 590 g/mol. The van der Waals surface area contributed by atoms with Crippen LogP contribution in [0, 0.1) is 5.92 Å². The van der Waals surface area contributed by atoms with Crippen LogP contribution >= 0.6 is 19.2 Å². The summed E-state index contributed by atoms with van der Waals surface area (Å²) >= 11 is 6.48. The smallest absolute Gasteiger partial charge is 0.380 e. The second-order valence-electron chi connectivity index (χ2n) is 10.2. The summed E-state index contributed by atoms with van der Waals surface area (Å²) in [6.45, 7) is 6.38. The summed E-state index contributed by atoms with van der Waals surface area (Å²) in [4.78, 5) is 36.3. The van der Waals surface area contributed by atoms with Crippen LogP contribution in [0.4, 0.5) is 4.39 Å². The van der Waals surface area contributed by atoms with Crippen molar-refractivity contribution in [1.82, 2.24) is 9.55 Å². The van der Waals surface area contributed by atoms with Crippen molar-refractivity contribution in [2.45, 2.75) is 69.6 Å². The predicted octanol–water partition coefficient (Wildman–Crippen LogP) is 3.40. The fraction of sp³-hybridized carbons (Fsp3) is 0.560. The minimum absolute atomic E-state index is 0.196. The van der Waals surface area contributed by atoms with Gasteiger partial charge in [0.1, 0.15) is 35.1 Å². The first-order valence-electron chi connectivity index (χ1n) is 12.3. The molecule has 0 bridgehead atoms. The van der Waals surface area contributed by atoms with Crippen molar-refractivity contribution >= 4 is 25.2 Å². The summed E-state index contributed by atoms with van der Waals surface area (Å²) in [5, 5.41) is 11.1. The minimum atomic E-state index is -4.20. The molecule has 14 heteroatoms.